The van der Waals surface area contributed by atoms with Gasteiger partial charge >= 0.3 is 0 Å². The summed E-state index contributed by atoms with van der Waals surface area (Å²) in [6, 6.07) is 50.4. The molecule has 0 aliphatic heterocycles. The Morgan fingerprint density at radius 1 is 0.467 bits per heavy atom. The molecule has 0 spiro atoms. The molecule has 3 heterocycles. The third-order valence-corrected chi connectivity index (χ3v) is 8.24. The summed E-state index contributed by atoms with van der Waals surface area (Å²) in [5.74, 6) is 2.18. The molecule has 0 radical (unpaired) electrons. The molecule has 0 atom stereocenters. The van der Waals surface area contributed by atoms with Gasteiger partial charge in [0.2, 0.25) is 5.88 Å². The third-order valence-electron chi connectivity index (χ3n) is 8.24. The van der Waals surface area contributed by atoms with E-state index in [1.165, 1.54) is 21.9 Å². The molecular formula is C41H29N3O. The molecule has 3 aromatic heterocycles. The number of hydrogen-bond donors (Lipinski definition) is 0. The van der Waals surface area contributed by atoms with Crippen LogP contribution in [0, 0.1) is 6.92 Å². The molecule has 0 aliphatic carbocycles. The second-order valence-electron chi connectivity index (χ2n) is 11.2. The van der Waals surface area contributed by atoms with E-state index >= 15 is 0 Å². The first-order valence-electron chi connectivity index (χ1n) is 15.1. The standard InChI is InChI=1S/C41H29N3O/c1-28-15-18-38-37(23-28)36-17-16-32(25-39(36)44(38)40-26-33(19-21-42-40)29-9-4-2-5-10-29)31-13-8-14-35(24-31)45-41-27-34(20-22-43-41)30-11-6-3-7-12-30/h2-27H,1H3. The second-order valence-corrected chi connectivity index (χ2v) is 11.2. The fourth-order valence-electron chi connectivity index (χ4n) is 6.05. The molecule has 0 fully saturated rings. The van der Waals surface area contributed by atoms with Gasteiger partial charge in [-0.15, -0.1) is 0 Å². The number of benzene rings is 5. The lowest BCUT2D eigenvalue weighted by atomic mass is 10.0. The third kappa shape index (κ3) is 5.13. The van der Waals surface area contributed by atoms with Gasteiger partial charge < -0.3 is 4.74 Å². The minimum absolute atomic E-state index is 0.559. The Kier molecular flexibility index (Phi) is 6.65. The molecule has 214 valence electrons. The molecule has 8 aromatic rings. The van der Waals surface area contributed by atoms with Gasteiger partial charge in [-0.2, -0.15) is 0 Å². The first-order chi connectivity index (χ1) is 22.2. The summed E-state index contributed by atoms with van der Waals surface area (Å²) in [5, 5.41) is 2.41. The zero-order valence-electron chi connectivity index (χ0n) is 24.8. The molecule has 45 heavy (non-hydrogen) atoms. The van der Waals surface area contributed by atoms with Gasteiger partial charge in [0, 0.05) is 29.2 Å². The summed E-state index contributed by atoms with van der Waals surface area (Å²) >= 11 is 0. The SMILES string of the molecule is Cc1ccc2c(c1)c1ccc(-c3cccc(Oc4cc(-c5ccccc5)ccn4)c3)cc1n2-c1cc(-c2ccccc2)ccn1. The van der Waals surface area contributed by atoms with E-state index < -0.39 is 0 Å². The number of aryl methyl sites for hydroxylation is 1. The van der Waals surface area contributed by atoms with Gasteiger partial charge in [0.25, 0.3) is 0 Å². The van der Waals surface area contributed by atoms with Gasteiger partial charge in [0.05, 0.1) is 11.0 Å². The minimum atomic E-state index is 0.559. The predicted octanol–water partition coefficient (Wildman–Crippen LogP) is 10.7. The van der Waals surface area contributed by atoms with Crippen molar-refractivity contribution in [3.8, 4) is 50.8 Å². The minimum Gasteiger partial charge on any atom is -0.439 e. The molecule has 4 nitrogen and oxygen atoms in total. The molecule has 5 aromatic carbocycles. The molecule has 8 rings (SSSR count). The molecule has 0 saturated carbocycles. The quantitative estimate of drug-likeness (QED) is 0.197. The highest BCUT2D eigenvalue weighted by Crippen LogP contribution is 2.36. The smallest absolute Gasteiger partial charge is 0.219 e. The van der Waals surface area contributed by atoms with Crippen molar-refractivity contribution >= 4 is 21.8 Å². The Morgan fingerprint density at radius 2 is 1.13 bits per heavy atom. The second kappa shape index (κ2) is 11.3. The topological polar surface area (TPSA) is 39.9 Å². The van der Waals surface area contributed by atoms with Crippen LogP contribution in [0.3, 0.4) is 0 Å². The van der Waals surface area contributed by atoms with Crippen molar-refractivity contribution in [1.82, 2.24) is 14.5 Å². The maximum Gasteiger partial charge on any atom is 0.219 e. The van der Waals surface area contributed by atoms with Crippen LogP contribution in [0.1, 0.15) is 5.56 Å². The van der Waals surface area contributed by atoms with E-state index in [-0.39, 0.29) is 0 Å². The predicted molar refractivity (Wildman–Crippen MR) is 184 cm³/mol. The monoisotopic (exact) mass is 579 g/mol. The number of nitrogens with zero attached hydrogens (tertiary/aromatic N) is 3. The Labute approximate surface area is 261 Å². The molecule has 0 aliphatic rings. The van der Waals surface area contributed by atoms with Crippen LogP contribution in [-0.4, -0.2) is 14.5 Å². The van der Waals surface area contributed by atoms with E-state index in [0.29, 0.717) is 5.88 Å². The molecule has 0 saturated heterocycles. The summed E-state index contributed by atoms with van der Waals surface area (Å²) in [4.78, 5) is 9.33. The summed E-state index contributed by atoms with van der Waals surface area (Å²) in [5.41, 5.74) is 10.1. The largest absolute Gasteiger partial charge is 0.439 e. The van der Waals surface area contributed by atoms with Crippen molar-refractivity contribution < 1.29 is 4.74 Å². The van der Waals surface area contributed by atoms with Crippen LogP contribution in [0.2, 0.25) is 0 Å². The fraction of sp³-hybridized carbons (Fsp3) is 0.0244. The van der Waals surface area contributed by atoms with Crippen molar-refractivity contribution in [2.45, 2.75) is 6.92 Å². The lowest BCUT2D eigenvalue weighted by molar-refractivity contribution is 0.463. The summed E-state index contributed by atoms with van der Waals surface area (Å²) < 4.78 is 8.55. The van der Waals surface area contributed by atoms with Crippen molar-refractivity contribution in [1.29, 1.82) is 0 Å². The molecule has 0 amide bonds. The van der Waals surface area contributed by atoms with Crippen LogP contribution >= 0.6 is 0 Å². The van der Waals surface area contributed by atoms with E-state index in [1.807, 2.05) is 54.7 Å². The van der Waals surface area contributed by atoms with Gasteiger partial charge in [-0.1, -0.05) is 96.6 Å². The number of fused-ring (bicyclic) bond motifs is 3. The normalized spacial score (nSPS) is 11.2. The van der Waals surface area contributed by atoms with E-state index in [1.54, 1.807) is 6.20 Å². The zero-order valence-corrected chi connectivity index (χ0v) is 24.8. The number of aromatic nitrogens is 3. The summed E-state index contributed by atoms with van der Waals surface area (Å²) in [6.07, 6.45) is 3.69. The number of pyridine rings is 2. The highest BCUT2D eigenvalue weighted by Gasteiger charge is 2.15. The van der Waals surface area contributed by atoms with Crippen LogP contribution in [0.15, 0.2) is 158 Å². The van der Waals surface area contributed by atoms with Crippen molar-refractivity contribution in [3.05, 3.63) is 164 Å². The zero-order chi connectivity index (χ0) is 30.2. The average molecular weight is 580 g/mol. The van der Waals surface area contributed by atoms with Gasteiger partial charge in [0.1, 0.15) is 11.6 Å². The summed E-state index contributed by atoms with van der Waals surface area (Å²) in [6.45, 7) is 2.14. The Morgan fingerprint density at radius 3 is 1.91 bits per heavy atom. The van der Waals surface area contributed by atoms with Crippen molar-refractivity contribution in [3.63, 3.8) is 0 Å². The van der Waals surface area contributed by atoms with E-state index in [2.05, 4.69) is 114 Å². The number of rotatable bonds is 6. The van der Waals surface area contributed by atoms with Crippen molar-refractivity contribution in [2.24, 2.45) is 0 Å². The highest BCUT2D eigenvalue weighted by atomic mass is 16.5. The lowest BCUT2D eigenvalue weighted by Crippen LogP contribution is -1.98. The molecule has 0 bridgehead atoms. The van der Waals surface area contributed by atoms with Crippen LogP contribution in [-0.2, 0) is 0 Å². The van der Waals surface area contributed by atoms with Gasteiger partial charge in [-0.25, -0.2) is 9.97 Å². The Bertz CT molecular complexity index is 2310. The lowest BCUT2D eigenvalue weighted by Gasteiger charge is -2.11. The summed E-state index contributed by atoms with van der Waals surface area (Å²) in [7, 11) is 0. The fourth-order valence-corrected chi connectivity index (χ4v) is 6.05. The first kappa shape index (κ1) is 26.6. The first-order valence-corrected chi connectivity index (χ1v) is 15.1. The number of ether oxygens (including phenoxy) is 1. The molecule has 0 unspecified atom stereocenters. The highest BCUT2D eigenvalue weighted by molar-refractivity contribution is 6.10. The Hall–Kier alpha value is -6.00. The van der Waals surface area contributed by atoms with E-state index in [0.717, 1.165) is 50.4 Å². The average Bonchev–Trinajstić information content (AvgIpc) is 3.42. The molecule has 0 N–H and O–H groups in total. The van der Waals surface area contributed by atoms with Crippen LogP contribution in [0.4, 0.5) is 0 Å². The molecule has 4 heteroatoms. The van der Waals surface area contributed by atoms with Crippen molar-refractivity contribution in [2.75, 3.05) is 0 Å². The van der Waals surface area contributed by atoms with Gasteiger partial charge in [-0.05, 0) is 88.8 Å². The van der Waals surface area contributed by atoms with Gasteiger partial charge in [-0.3, -0.25) is 4.57 Å². The maximum absolute atomic E-state index is 6.27. The van der Waals surface area contributed by atoms with Crippen LogP contribution in [0.25, 0.3) is 61.0 Å². The Balaban J connectivity index is 1.21. The van der Waals surface area contributed by atoms with E-state index in [9.17, 15) is 0 Å². The molecular weight excluding hydrogens is 550 g/mol. The van der Waals surface area contributed by atoms with Crippen LogP contribution in [0.5, 0.6) is 11.6 Å². The number of hydrogen-bond acceptors (Lipinski definition) is 3. The van der Waals surface area contributed by atoms with E-state index in [4.69, 9.17) is 9.72 Å². The van der Waals surface area contributed by atoms with Gasteiger partial charge in [0.15, 0.2) is 0 Å². The van der Waals surface area contributed by atoms with Crippen LogP contribution < -0.4 is 4.74 Å². The maximum atomic E-state index is 6.27.